The standard InChI is InChI=1S/C35H32ClF3N2O6/c1-4-46-33(43)28-25(19-9-7-14-24(16-19)45-3)18-26-29(31(28)42)27(20-10-6-12-22(36)15-20)30(34(44)47-5-2)32(40)41(26)23-13-8-11-21(17-23)35(37,38)39/h6-17,25,27-28H,4-5,18,40H2,1-3H3/t25-,27+,28-/m1/s1. The number of ether oxygens (including phenoxy) is 3. The third-order valence-electron chi connectivity index (χ3n) is 8.21. The highest BCUT2D eigenvalue weighted by Gasteiger charge is 2.51. The molecule has 0 fully saturated rings. The van der Waals surface area contributed by atoms with Gasteiger partial charge in [-0.3, -0.25) is 14.5 Å². The predicted molar refractivity (Wildman–Crippen MR) is 168 cm³/mol. The van der Waals surface area contributed by atoms with Crippen LogP contribution in [0.5, 0.6) is 5.75 Å². The lowest BCUT2D eigenvalue weighted by Crippen LogP contribution is -2.46. The number of Topliss-reactive ketones (excluding diaryl/α,β-unsaturated/α-hetero) is 1. The van der Waals surface area contributed by atoms with Crippen LogP contribution in [0.15, 0.2) is 95.5 Å². The van der Waals surface area contributed by atoms with E-state index in [0.717, 1.165) is 12.1 Å². The Kier molecular flexibility index (Phi) is 9.67. The number of halogens is 4. The molecule has 3 aromatic carbocycles. The fourth-order valence-electron chi connectivity index (χ4n) is 6.26. The maximum Gasteiger partial charge on any atom is 0.416 e. The smallest absolute Gasteiger partial charge is 0.416 e. The molecule has 1 aliphatic heterocycles. The summed E-state index contributed by atoms with van der Waals surface area (Å²) in [5.41, 5.74) is 6.77. The highest BCUT2D eigenvalue weighted by Crippen LogP contribution is 2.52. The lowest BCUT2D eigenvalue weighted by Gasteiger charge is -2.44. The molecule has 0 aromatic heterocycles. The van der Waals surface area contributed by atoms with Crippen molar-refractivity contribution < 1.29 is 41.8 Å². The number of hydrogen-bond acceptors (Lipinski definition) is 8. The van der Waals surface area contributed by atoms with Crippen LogP contribution in [0.1, 0.15) is 48.8 Å². The van der Waals surface area contributed by atoms with E-state index in [9.17, 15) is 27.6 Å². The number of allylic oxidation sites excluding steroid dienone is 2. The number of alkyl halides is 3. The zero-order chi connectivity index (χ0) is 34.0. The highest BCUT2D eigenvalue weighted by molar-refractivity contribution is 6.30. The average Bonchev–Trinajstić information content (AvgIpc) is 3.04. The van der Waals surface area contributed by atoms with Gasteiger partial charge < -0.3 is 19.9 Å². The number of nitrogens with zero attached hydrogens (tertiary/aromatic N) is 1. The van der Waals surface area contributed by atoms with E-state index in [1.54, 1.807) is 62.4 Å². The van der Waals surface area contributed by atoms with Gasteiger partial charge in [0.2, 0.25) is 0 Å². The number of ketones is 1. The van der Waals surface area contributed by atoms with E-state index in [4.69, 9.17) is 31.5 Å². The van der Waals surface area contributed by atoms with Gasteiger partial charge in [-0.2, -0.15) is 13.2 Å². The van der Waals surface area contributed by atoms with Crippen LogP contribution in [-0.4, -0.2) is 38.0 Å². The molecule has 12 heteroatoms. The molecule has 246 valence electrons. The molecule has 0 unspecified atom stereocenters. The van der Waals surface area contributed by atoms with Crippen LogP contribution in [0.4, 0.5) is 18.9 Å². The second kappa shape index (κ2) is 13.5. The van der Waals surface area contributed by atoms with E-state index in [2.05, 4.69) is 0 Å². The van der Waals surface area contributed by atoms with Gasteiger partial charge in [-0.15, -0.1) is 0 Å². The van der Waals surface area contributed by atoms with Crippen molar-refractivity contribution in [3.63, 3.8) is 0 Å². The molecule has 0 saturated heterocycles. The Morgan fingerprint density at radius 3 is 2.30 bits per heavy atom. The molecule has 3 atom stereocenters. The molecule has 47 heavy (non-hydrogen) atoms. The first-order valence-electron chi connectivity index (χ1n) is 14.9. The van der Waals surface area contributed by atoms with Crippen LogP contribution < -0.4 is 15.4 Å². The Hall–Kier alpha value is -4.77. The summed E-state index contributed by atoms with van der Waals surface area (Å²) in [6.07, 6.45) is -4.74. The number of esters is 2. The third-order valence-corrected chi connectivity index (χ3v) is 8.45. The maximum atomic E-state index is 14.9. The molecule has 3 aromatic rings. The Balaban J connectivity index is 1.85. The molecule has 8 nitrogen and oxygen atoms in total. The number of rotatable bonds is 8. The normalized spacial score (nSPS) is 19.8. The molecule has 1 aliphatic carbocycles. The van der Waals surface area contributed by atoms with Crippen LogP contribution in [0.25, 0.3) is 0 Å². The third kappa shape index (κ3) is 6.44. The van der Waals surface area contributed by atoms with Gasteiger partial charge in [0, 0.05) is 27.9 Å². The van der Waals surface area contributed by atoms with E-state index in [1.807, 2.05) is 0 Å². The highest BCUT2D eigenvalue weighted by atomic mass is 35.5. The summed E-state index contributed by atoms with van der Waals surface area (Å²) in [5, 5.41) is 0.297. The first-order chi connectivity index (χ1) is 22.4. The van der Waals surface area contributed by atoms with Gasteiger partial charge in [-0.05, 0) is 73.9 Å². The van der Waals surface area contributed by atoms with Gasteiger partial charge in [-0.1, -0.05) is 41.9 Å². The van der Waals surface area contributed by atoms with Gasteiger partial charge in [0.05, 0.1) is 37.4 Å². The van der Waals surface area contributed by atoms with Crippen molar-refractivity contribution in [2.45, 2.75) is 38.3 Å². The molecular weight excluding hydrogens is 637 g/mol. The zero-order valence-corrected chi connectivity index (χ0v) is 26.5. The Labute approximate surface area is 274 Å². The van der Waals surface area contributed by atoms with E-state index >= 15 is 0 Å². The number of methoxy groups -OCH3 is 1. The summed E-state index contributed by atoms with van der Waals surface area (Å²) in [7, 11) is 1.48. The largest absolute Gasteiger partial charge is 0.497 e. The summed E-state index contributed by atoms with van der Waals surface area (Å²) in [5.74, 6) is -5.46. The van der Waals surface area contributed by atoms with E-state index in [1.165, 1.54) is 24.1 Å². The van der Waals surface area contributed by atoms with Gasteiger partial charge in [0.25, 0.3) is 0 Å². The van der Waals surface area contributed by atoms with Crippen molar-refractivity contribution in [3.05, 3.63) is 117 Å². The van der Waals surface area contributed by atoms with Crippen LogP contribution in [-0.2, 0) is 30.0 Å². The second-order valence-electron chi connectivity index (χ2n) is 10.9. The molecule has 2 N–H and O–H groups in total. The minimum atomic E-state index is -4.70. The van der Waals surface area contributed by atoms with Gasteiger partial charge in [0.15, 0.2) is 5.78 Å². The molecule has 0 spiro atoms. The topological polar surface area (TPSA) is 108 Å². The van der Waals surface area contributed by atoms with Gasteiger partial charge in [-0.25, -0.2) is 4.79 Å². The summed E-state index contributed by atoms with van der Waals surface area (Å²) in [6.45, 7) is 3.14. The lowest BCUT2D eigenvalue weighted by atomic mass is 9.67. The minimum absolute atomic E-state index is 0.000805. The number of carbonyl (C=O) groups is 3. The van der Waals surface area contributed by atoms with Crippen molar-refractivity contribution in [1.29, 1.82) is 0 Å². The van der Waals surface area contributed by atoms with Crippen LogP contribution >= 0.6 is 11.6 Å². The number of hydrogen-bond donors (Lipinski definition) is 1. The average molecular weight is 669 g/mol. The Morgan fingerprint density at radius 1 is 0.957 bits per heavy atom. The van der Waals surface area contributed by atoms with Crippen molar-refractivity contribution >= 4 is 35.0 Å². The quantitative estimate of drug-likeness (QED) is 0.204. The molecule has 0 radical (unpaired) electrons. The molecule has 2 aliphatic rings. The predicted octanol–water partition coefficient (Wildman–Crippen LogP) is 6.89. The summed E-state index contributed by atoms with van der Waals surface area (Å²) in [4.78, 5) is 43.5. The summed E-state index contributed by atoms with van der Waals surface area (Å²) >= 11 is 6.37. The fourth-order valence-corrected chi connectivity index (χ4v) is 6.46. The van der Waals surface area contributed by atoms with E-state index < -0.39 is 47.2 Å². The lowest BCUT2D eigenvalue weighted by molar-refractivity contribution is -0.152. The molecule has 0 bridgehead atoms. The number of nitrogens with two attached hydrogens (primary N) is 1. The van der Waals surface area contributed by atoms with Crippen LogP contribution in [0.2, 0.25) is 5.02 Å². The van der Waals surface area contributed by atoms with Gasteiger partial charge >= 0.3 is 18.1 Å². The maximum absolute atomic E-state index is 14.9. The van der Waals surface area contributed by atoms with Gasteiger partial charge in [0.1, 0.15) is 17.5 Å². The number of anilines is 1. The van der Waals surface area contributed by atoms with Crippen LogP contribution in [0, 0.1) is 5.92 Å². The zero-order valence-electron chi connectivity index (χ0n) is 25.8. The second-order valence-corrected chi connectivity index (χ2v) is 11.4. The first kappa shape index (κ1) is 33.6. The van der Waals surface area contributed by atoms with Crippen molar-refractivity contribution in [2.75, 3.05) is 25.2 Å². The molecule has 0 saturated carbocycles. The molecular formula is C35H32ClF3N2O6. The first-order valence-corrected chi connectivity index (χ1v) is 15.3. The Bertz CT molecular complexity index is 1790. The monoisotopic (exact) mass is 668 g/mol. The van der Waals surface area contributed by atoms with E-state index in [0.29, 0.717) is 21.9 Å². The molecule has 5 rings (SSSR count). The SMILES string of the molecule is CCOC(=O)C1=C(N)N(c2cccc(C(F)(F)F)c2)C2=C(C(=O)[C@H](C(=O)OCC)[C@@H](c3cccc(OC)c3)C2)[C@@H]1c1cccc(Cl)c1. The van der Waals surface area contributed by atoms with E-state index in [-0.39, 0.29) is 48.0 Å². The summed E-state index contributed by atoms with van der Waals surface area (Å²) in [6, 6.07) is 17.7. The molecule has 1 heterocycles. The molecule has 0 amide bonds. The van der Waals surface area contributed by atoms with Crippen molar-refractivity contribution in [3.8, 4) is 5.75 Å². The Morgan fingerprint density at radius 2 is 1.64 bits per heavy atom. The number of carbonyl (C=O) groups excluding carboxylic acids is 3. The van der Waals surface area contributed by atoms with Crippen LogP contribution in [0.3, 0.4) is 0 Å². The number of benzene rings is 3. The minimum Gasteiger partial charge on any atom is -0.497 e. The van der Waals surface area contributed by atoms with Crippen molar-refractivity contribution in [1.82, 2.24) is 0 Å². The van der Waals surface area contributed by atoms with Crippen molar-refractivity contribution in [2.24, 2.45) is 11.7 Å². The fraction of sp³-hybridized carbons (Fsp3) is 0.286. The summed E-state index contributed by atoms with van der Waals surface area (Å²) < 4.78 is 58.0.